The average molecular weight is 210 g/mol. The summed E-state index contributed by atoms with van der Waals surface area (Å²) in [5.41, 5.74) is 5.45. The number of hydrogen-bond acceptors (Lipinski definition) is 5. The minimum atomic E-state index is -1.08. The normalized spacial score (nSPS) is 11.8. The number of amides is 1. The quantitative estimate of drug-likeness (QED) is 0.546. The van der Waals surface area contributed by atoms with E-state index in [-0.39, 0.29) is 12.1 Å². The van der Waals surface area contributed by atoms with Gasteiger partial charge in [0, 0.05) is 12.4 Å². The van der Waals surface area contributed by atoms with Crippen LogP contribution in [-0.4, -0.2) is 33.1 Å². The highest BCUT2D eigenvalue weighted by atomic mass is 16.4. The van der Waals surface area contributed by atoms with Crippen LogP contribution in [0.1, 0.15) is 16.9 Å². The first-order valence-electron chi connectivity index (χ1n) is 4.14. The molecule has 1 aromatic heterocycles. The largest absolute Gasteiger partial charge is 0.481 e. The van der Waals surface area contributed by atoms with Crippen molar-refractivity contribution in [2.24, 2.45) is 5.73 Å². The first kappa shape index (κ1) is 11.1. The van der Waals surface area contributed by atoms with Gasteiger partial charge in [0.2, 0.25) is 0 Å². The monoisotopic (exact) mass is 210 g/mol. The third-order valence-electron chi connectivity index (χ3n) is 1.51. The second kappa shape index (κ2) is 5.01. The van der Waals surface area contributed by atoms with Crippen molar-refractivity contribution in [3.63, 3.8) is 0 Å². The number of nitrogens with one attached hydrogen (secondary N) is 1. The molecule has 4 N–H and O–H groups in total. The molecular formula is C8H10N4O3. The number of hydrogen-bond donors (Lipinski definition) is 3. The van der Waals surface area contributed by atoms with Crippen molar-refractivity contribution in [3.8, 4) is 0 Å². The van der Waals surface area contributed by atoms with E-state index in [0.29, 0.717) is 0 Å². The van der Waals surface area contributed by atoms with Gasteiger partial charge in [-0.05, 0) is 0 Å². The molecule has 0 aliphatic carbocycles. The number of carbonyl (C=O) groups excluding carboxylic acids is 1. The van der Waals surface area contributed by atoms with E-state index in [1.807, 2.05) is 0 Å². The minimum Gasteiger partial charge on any atom is -0.481 e. The summed E-state index contributed by atoms with van der Waals surface area (Å²) in [5.74, 6) is -1.63. The molecule has 0 fully saturated rings. The Morgan fingerprint density at radius 3 is 2.80 bits per heavy atom. The van der Waals surface area contributed by atoms with Gasteiger partial charge in [-0.1, -0.05) is 0 Å². The maximum absolute atomic E-state index is 11.4. The summed E-state index contributed by atoms with van der Waals surface area (Å²) in [6.07, 6.45) is 2.78. The lowest BCUT2D eigenvalue weighted by Gasteiger charge is -2.10. The van der Waals surface area contributed by atoms with Crippen LogP contribution in [0.2, 0.25) is 0 Å². The number of aliphatic carboxylic acids is 1. The first-order valence-corrected chi connectivity index (χ1v) is 4.14. The lowest BCUT2D eigenvalue weighted by molar-refractivity contribution is -0.137. The molecule has 15 heavy (non-hydrogen) atoms. The molecule has 0 bridgehead atoms. The van der Waals surface area contributed by atoms with Gasteiger partial charge < -0.3 is 16.2 Å². The zero-order valence-corrected chi connectivity index (χ0v) is 7.75. The summed E-state index contributed by atoms with van der Waals surface area (Å²) in [5, 5.41) is 10.7. The third kappa shape index (κ3) is 3.69. The van der Waals surface area contributed by atoms with Crippen LogP contribution in [0.15, 0.2) is 18.6 Å². The van der Waals surface area contributed by atoms with Gasteiger partial charge in [0.1, 0.15) is 5.69 Å². The Balaban J connectivity index is 2.53. The Bertz CT molecular complexity index is 354. The van der Waals surface area contributed by atoms with Crippen molar-refractivity contribution >= 4 is 11.9 Å². The minimum absolute atomic E-state index is 0.0957. The predicted molar refractivity (Wildman–Crippen MR) is 49.7 cm³/mol. The van der Waals surface area contributed by atoms with Crippen LogP contribution < -0.4 is 11.1 Å². The predicted octanol–water partition coefficient (Wildman–Crippen LogP) is -1.03. The van der Waals surface area contributed by atoms with Crippen LogP contribution >= 0.6 is 0 Å². The molecular weight excluding hydrogens is 200 g/mol. The van der Waals surface area contributed by atoms with Crippen molar-refractivity contribution < 1.29 is 14.7 Å². The molecule has 1 aromatic rings. The molecule has 80 valence electrons. The van der Waals surface area contributed by atoms with Crippen molar-refractivity contribution in [2.75, 3.05) is 0 Å². The number of carboxylic acids is 1. The van der Waals surface area contributed by atoms with Gasteiger partial charge in [0.25, 0.3) is 5.91 Å². The van der Waals surface area contributed by atoms with E-state index in [1.165, 1.54) is 18.6 Å². The number of nitrogens with zero attached hydrogens (tertiary/aromatic N) is 2. The molecule has 0 aliphatic heterocycles. The molecule has 0 spiro atoms. The maximum atomic E-state index is 11.4. The van der Waals surface area contributed by atoms with Gasteiger partial charge in [-0.2, -0.15) is 0 Å². The zero-order valence-electron chi connectivity index (χ0n) is 7.75. The zero-order chi connectivity index (χ0) is 11.3. The molecule has 0 aliphatic rings. The summed E-state index contributed by atoms with van der Waals surface area (Å²) >= 11 is 0. The second-order valence-corrected chi connectivity index (χ2v) is 2.77. The number of nitrogens with two attached hydrogens (primary N) is 1. The number of carboxylic acid groups (broad SMARTS) is 1. The van der Waals surface area contributed by atoms with Gasteiger partial charge in [-0.15, -0.1) is 0 Å². The van der Waals surface area contributed by atoms with Crippen molar-refractivity contribution in [1.29, 1.82) is 0 Å². The van der Waals surface area contributed by atoms with Crippen molar-refractivity contribution in [3.05, 3.63) is 24.3 Å². The lowest BCUT2D eigenvalue weighted by atomic mass is 10.3. The Morgan fingerprint density at radius 1 is 1.53 bits per heavy atom. The highest BCUT2D eigenvalue weighted by Gasteiger charge is 2.13. The molecule has 0 saturated carbocycles. The molecule has 0 saturated heterocycles. The lowest BCUT2D eigenvalue weighted by Crippen LogP contribution is -2.43. The fourth-order valence-corrected chi connectivity index (χ4v) is 0.898. The molecule has 1 atom stereocenters. The topological polar surface area (TPSA) is 118 Å². The third-order valence-corrected chi connectivity index (χ3v) is 1.51. The van der Waals surface area contributed by atoms with E-state index in [4.69, 9.17) is 10.8 Å². The number of carbonyl (C=O) groups is 2. The van der Waals surface area contributed by atoms with Gasteiger partial charge in [0.15, 0.2) is 0 Å². The van der Waals surface area contributed by atoms with Crippen molar-refractivity contribution in [2.45, 2.75) is 12.6 Å². The molecule has 1 amide bonds. The second-order valence-electron chi connectivity index (χ2n) is 2.77. The van der Waals surface area contributed by atoms with Gasteiger partial charge in [-0.25, -0.2) is 4.98 Å². The highest BCUT2D eigenvalue weighted by Crippen LogP contribution is 1.91. The summed E-state index contributed by atoms with van der Waals surface area (Å²) in [7, 11) is 0. The molecule has 1 unspecified atom stereocenters. The fraction of sp³-hybridized carbons (Fsp3) is 0.250. The standard InChI is InChI=1S/C8H10N4O3/c9-6(3-7(13)14)12-8(15)5-4-10-1-2-11-5/h1-2,4,6H,3,9H2,(H,12,15)(H,13,14). The van der Waals surface area contributed by atoms with Crippen molar-refractivity contribution in [1.82, 2.24) is 15.3 Å². The molecule has 1 heterocycles. The Labute approximate surface area is 85.3 Å². The fourth-order valence-electron chi connectivity index (χ4n) is 0.898. The van der Waals surface area contributed by atoms with Crippen LogP contribution in [0.4, 0.5) is 0 Å². The summed E-state index contributed by atoms with van der Waals surface area (Å²) < 4.78 is 0. The highest BCUT2D eigenvalue weighted by molar-refractivity contribution is 5.92. The molecule has 0 radical (unpaired) electrons. The Morgan fingerprint density at radius 2 is 2.27 bits per heavy atom. The molecule has 7 heteroatoms. The SMILES string of the molecule is NC(CC(=O)O)NC(=O)c1cnccn1. The molecule has 7 nitrogen and oxygen atoms in total. The smallest absolute Gasteiger partial charge is 0.306 e. The van der Waals surface area contributed by atoms with E-state index in [1.54, 1.807) is 0 Å². The van der Waals surface area contributed by atoms with E-state index in [9.17, 15) is 9.59 Å². The summed E-state index contributed by atoms with van der Waals surface area (Å²) in [4.78, 5) is 29.0. The van der Waals surface area contributed by atoms with E-state index in [0.717, 1.165) is 0 Å². The van der Waals surface area contributed by atoms with E-state index < -0.39 is 18.0 Å². The van der Waals surface area contributed by atoms with Crippen LogP contribution in [0.3, 0.4) is 0 Å². The summed E-state index contributed by atoms with van der Waals surface area (Å²) in [6, 6.07) is 0. The summed E-state index contributed by atoms with van der Waals surface area (Å²) in [6.45, 7) is 0. The van der Waals surface area contributed by atoms with E-state index in [2.05, 4.69) is 15.3 Å². The molecule has 0 aromatic carbocycles. The van der Waals surface area contributed by atoms with Gasteiger partial charge in [0.05, 0.1) is 18.8 Å². The maximum Gasteiger partial charge on any atom is 0.306 e. The van der Waals surface area contributed by atoms with Crippen LogP contribution in [-0.2, 0) is 4.79 Å². The van der Waals surface area contributed by atoms with Gasteiger partial charge in [-0.3, -0.25) is 14.6 Å². The number of aromatic nitrogens is 2. The van der Waals surface area contributed by atoms with Crippen LogP contribution in [0.5, 0.6) is 0 Å². The average Bonchev–Trinajstić information content (AvgIpc) is 2.17. The Kier molecular flexibility index (Phi) is 3.69. The van der Waals surface area contributed by atoms with Crippen LogP contribution in [0.25, 0.3) is 0 Å². The van der Waals surface area contributed by atoms with Gasteiger partial charge >= 0.3 is 5.97 Å². The molecule has 1 rings (SSSR count). The van der Waals surface area contributed by atoms with Crippen LogP contribution in [0, 0.1) is 0 Å². The first-order chi connectivity index (χ1) is 7.09. The Hall–Kier alpha value is -2.02. The number of rotatable bonds is 4. The van der Waals surface area contributed by atoms with E-state index >= 15 is 0 Å².